The standard InChI is InChI=1S/C8H10BrNOS/c1-12(10,11)6-7-2-4-8(9)5-3-7/h2-5,10H,6H2,1H3. The van der Waals surface area contributed by atoms with E-state index in [1.54, 1.807) is 0 Å². The minimum absolute atomic E-state index is 0.334. The monoisotopic (exact) mass is 247 g/mol. The summed E-state index contributed by atoms with van der Waals surface area (Å²) in [6.45, 7) is 0. The number of rotatable bonds is 2. The van der Waals surface area contributed by atoms with Gasteiger partial charge in [0.2, 0.25) is 0 Å². The Balaban J connectivity index is 2.85. The molecule has 12 heavy (non-hydrogen) atoms. The van der Waals surface area contributed by atoms with Crippen molar-refractivity contribution >= 4 is 25.7 Å². The molecule has 1 atom stereocenters. The highest BCUT2D eigenvalue weighted by molar-refractivity contribution is 9.10. The quantitative estimate of drug-likeness (QED) is 0.858. The number of benzene rings is 1. The summed E-state index contributed by atoms with van der Waals surface area (Å²) in [4.78, 5) is 0. The molecule has 0 radical (unpaired) electrons. The molecule has 0 saturated carbocycles. The van der Waals surface area contributed by atoms with Crippen molar-refractivity contribution < 1.29 is 4.21 Å². The van der Waals surface area contributed by atoms with Crippen LogP contribution in [0.4, 0.5) is 0 Å². The molecule has 0 fully saturated rings. The number of hydrogen-bond donors (Lipinski definition) is 1. The Morgan fingerprint density at radius 2 is 1.92 bits per heavy atom. The van der Waals surface area contributed by atoms with E-state index in [2.05, 4.69) is 15.9 Å². The lowest BCUT2D eigenvalue weighted by atomic mass is 10.2. The molecule has 0 amide bonds. The summed E-state index contributed by atoms with van der Waals surface area (Å²) in [7, 11) is -2.41. The molecular weight excluding hydrogens is 238 g/mol. The number of hydrogen-bond acceptors (Lipinski definition) is 2. The fourth-order valence-electron chi connectivity index (χ4n) is 0.899. The van der Waals surface area contributed by atoms with E-state index in [1.807, 2.05) is 24.3 Å². The van der Waals surface area contributed by atoms with E-state index >= 15 is 0 Å². The highest BCUT2D eigenvalue weighted by Gasteiger charge is 1.99. The fourth-order valence-corrected chi connectivity index (χ4v) is 1.99. The Bertz CT molecular complexity index is 355. The molecule has 1 aromatic carbocycles. The van der Waals surface area contributed by atoms with Crippen LogP contribution in [0.15, 0.2) is 28.7 Å². The van der Waals surface area contributed by atoms with E-state index < -0.39 is 9.73 Å². The fraction of sp³-hybridized carbons (Fsp3) is 0.250. The average molecular weight is 248 g/mol. The third-order valence-electron chi connectivity index (χ3n) is 1.36. The number of nitrogens with one attached hydrogen (secondary N) is 1. The van der Waals surface area contributed by atoms with E-state index in [9.17, 15) is 4.21 Å². The Kier molecular flexibility index (Phi) is 2.90. The highest BCUT2D eigenvalue weighted by atomic mass is 79.9. The van der Waals surface area contributed by atoms with Crippen molar-refractivity contribution in [1.82, 2.24) is 0 Å². The predicted octanol–water partition coefficient (Wildman–Crippen LogP) is 2.63. The first-order valence-corrected chi connectivity index (χ1v) is 6.36. The topological polar surface area (TPSA) is 40.9 Å². The number of halogens is 1. The molecule has 2 nitrogen and oxygen atoms in total. The molecule has 0 aliphatic heterocycles. The van der Waals surface area contributed by atoms with Crippen LogP contribution >= 0.6 is 15.9 Å². The van der Waals surface area contributed by atoms with Gasteiger partial charge in [-0.05, 0) is 17.7 Å². The Morgan fingerprint density at radius 3 is 2.33 bits per heavy atom. The maximum absolute atomic E-state index is 11.1. The van der Waals surface area contributed by atoms with Crippen LogP contribution in [0.5, 0.6) is 0 Å². The largest absolute Gasteiger partial charge is 0.253 e. The van der Waals surface area contributed by atoms with E-state index in [4.69, 9.17) is 4.78 Å². The first-order chi connectivity index (χ1) is 5.47. The molecule has 1 rings (SSSR count). The minimum atomic E-state index is -2.41. The van der Waals surface area contributed by atoms with Crippen molar-refractivity contribution in [2.24, 2.45) is 0 Å². The molecule has 1 N–H and O–H groups in total. The third kappa shape index (κ3) is 3.36. The van der Waals surface area contributed by atoms with E-state index in [1.165, 1.54) is 6.26 Å². The lowest BCUT2D eigenvalue weighted by molar-refractivity contribution is 0.678. The van der Waals surface area contributed by atoms with E-state index in [0.717, 1.165) is 10.0 Å². The first-order valence-electron chi connectivity index (χ1n) is 3.43. The van der Waals surface area contributed by atoms with Crippen molar-refractivity contribution in [2.45, 2.75) is 5.75 Å². The lowest BCUT2D eigenvalue weighted by Gasteiger charge is -2.00. The van der Waals surface area contributed by atoms with Crippen LogP contribution in [0.25, 0.3) is 0 Å². The zero-order chi connectivity index (χ0) is 9.19. The molecule has 0 spiro atoms. The van der Waals surface area contributed by atoms with Crippen molar-refractivity contribution in [1.29, 1.82) is 4.78 Å². The van der Waals surface area contributed by atoms with Gasteiger partial charge in [0.25, 0.3) is 0 Å². The lowest BCUT2D eigenvalue weighted by Crippen LogP contribution is -1.97. The minimum Gasteiger partial charge on any atom is -0.253 e. The highest BCUT2D eigenvalue weighted by Crippen LogP contribution is 2.12. The van der Waals surface area contributed by atoms with Crippen molar-refractivity contribution in [3.05, 3.63) is 34.3 Å². The van der Waals surface area contributed by atoms with Crippen LogP contribution in [-0.2, 0) is 15.5 Å². The maximum atomic E-state index is 11.1. The van der Waals surface area contributed by atoms with Gasteiger partial charge in [0.15, 0.2) is 0 Å². The first kappa shape index (κ1) is 9.74. The molecule has 1 aromatic rings. The maximum Gasteiger partial charge on any atom is 0.0563 e. The zero-order valence-corrected chi connectivity index (χ0v) is 9.11. The Hall–Kier alpha value is -0.350. The summed E-state index contributed by atoms with van der Waals surface area (Å²) in [5, 5.41) is 0. The van der Waals surface area contributed by atoms with Crippen LogP contribution < -0.4 is 0 Å². The van der Waals surface area contributed by atoms with Crippen LogP contribution in [0, 0.1) is 4.78 Å². The molecule has 4 heteroatoms. The summed E-state index contributed by atoms with van der Waals surface area (Å²) in [6, 6.07) is 7.53. The molecular formula is C8H10BrNOS. The third-order valence-corrected chi connectivity index (χ3v) is 2.77. The second-order valence-corrected chi connectivity index (χ2v) is 5.99. The van der Waals surface area contributed by atoms with Crippen molar-refractivity contribution in [2.75, 3.05) is 6.26 Å². The molecule has 66 valence electrons. The molecule has 1 unspecified atom stereocenters. The van der Waals surface area contributed by atoms with E-state index in [0.29, 0.717) is 5.75 Å². The Labute approximate surface area is 81.1 Å². The summed E-state index contributed by atoms with van der Waals surface area (Å²) in [5.41, 5.74) is 0.945. The summed E-state index contributed by atoms with van der Waals surface area (Å²) >= 11 is 3.31. The second kappa shape index (κ2) is 3.58. The Morgan fingerprint density at radius 1 is 1.42 bits per heavy atom. The predicted molar refractivity (Wildman–Crippen MR) is 54.6 cm³/mol. The van der Waals surface area contributed by atoms with Gasteiger partial charge in [0.05, 0.1) is 5.75 Å². The van der Waals surface area contributed by atoms with E-state index in [-0.39, 0.29) is 0 Å². The molecule has 0 aromatic heterocycles. The SMILES string of the molecule is CS(=N)(=O)Cc1ccc(Br)cc1. The van der Waals surface area contributed by atoms with Crippen molar-refractivity contribution in [3.8, 4) is 0 Å². The molecule has 0 bridgehead atoms. The molecule has 0 heterocycles. The second-order valence-electron chi connectivity index (χ2n) is 2.78. The van der Waals surface area contributed by atoms with Gasteiger partial charge in [-0.15, -0.1) is 0 Å². The van der Waals surface area contributed by atoms with Gasteiger partial charge >= 0.3 is 0 Å². The van der Waals surface area contributed by atoms with Crippen LogP contribution in [0.1, 0.15) is 5.56 Å². The molecule has 0 saturated heterocycles. The van der Waals surface area contributed by atoms with Crippen LogP contribution in [-0.4, -0.2) is 10.5 Å². The van der Waals surface area contributed by atoms with Crippen LogP contribution in [0.2, 0.25) is 0 Å². The van der Waals surface area contributed by atoms with Gasteiger partial charge in [-0.3, -0.25) is 4.78 Å². The molecule has 0 aliphatic carbocycles. The summed E-state index contributed by atoms with van der Waals surface area (Å²) in [5.74, 6) is 0.334. The van der Waals surface area contributed by atoms with Gasteiger partial charge in [0.1, 0.15) is 0 Å². The smallest absolute Gasteiger partial charge is 0.0563 e. The molecule has 0 aliphatic rings. The van der Waals surface area contributed by atoms with Gasteiger partial charge in [-0.1, -0.05) is 28.1 Å². The van der Waals surface area contributed by atoms with Gasteiger partial charge in [-0.25, -0.2) is 4.21 Å². The van der Waals surface area contributed by atoms with Gasteiger partial charge < -0.3 is 0 Å². The van der Waals surface area contributed by atoms with Gasteiger partial charge in [-0.2, -0.15) is 0 Å². The van der Waals surface area contributed by atoms with Gasteiger partial charge in [0, 0.05) is 20.5 Å². The summed E-state index contributed by atoms with van der Waals surface area (Å²) in [6.07, 6.45) is 1.45. The zero-order valence-electron chi connectivity index (χ0n) is 6.71. The summed E-state index contributed by atoms with van der Waals surface area (Å²) < 4.78 is 19.3. The normalized spacial score (nSPS) is 15.5. The van der Waals surface area contributed by atoms with Crippen LogP contribution in [0.3, 0.4) is 0 Å². The average Bonchev–Trinajstić information content (AvgIpc) is 1.91. The van der Waals surface area contributed by atoms with Crippen molar-refractivity contribution in [3.63, 3.8) is 0 Å².